The van der Waals surface area contributed by atoms with Gasteiger partial charge in [-0.05, 0) is 18.9 Å². The number of nitrogens with zero attached hydrogens (tertiary/aromatic N) is 4. The SMILES string of the molecule is O=C(O)c1cnn2c(N3CCCCCC3)ccnc12. The molecule has 0 bridgehead atoms. The third kappa shape index (κ3) is 2.14. The van der Waals surface area contributed by atoms with Gasteiger partial charge in [-0.25, -0.2) is 9.78 Å². The molecule has 19 heavy (non-hydrogen) atoms. The number of fused-ring (bicyclic) bond motifs is 1. The summed E-state index contributed by atoms with van der Waals surface area (Å²) in [6, 6.07) is 1.90. The van der Waals surface area contributed by atoms with Gasteiger partial charge in [0.15, 0.2) is 5.65 Å². The van der Waals surface area contributed by atoms with E-state index in [0.29, 0.717) is 5.65 Å². The monoisotopic (exact) mass is 260 g/mol. The number of carboxylic acids is 1. The second-order valence-corrected chi connectivity index (χ2v) is 4.80. The zero-order chi connectivity index (χ0) is 13.2. The molecule has 0 saturated carbocycles. The quantitative estimate of drug-likeness (QED) is 0.891. The standard InChI is InChI=1S/C13H16N4O2/c18-13(19)10-9-15-17-11(5-6-14-12(10)17)16-7-3-1-2-4-8-16/h5-6,9H,1-4,7-8H2,(H,18,19). The van der Waals surface area contributed by atoms with Crippen molar-refractivity contribution in [2.24, 2.45) is 0 Å². The molecule has 0 unspecified atom stereocenters. The molecule has 6 heteroatoms. The number of aromatic carboxylic acids is 1. The molecule has 1 saturated heterocycles. The number of hydrogen-bond donors (Lipinski definition) is 1. The zero-order valence-corrected chi connectivity index (χ0v) is 10.6. The predicted molar refractivity (Wildman–Crippen MR) is 70.6 cm³/mol. The number of rotatable bonds is 2. The van der Waals surface area contributed by atoms with Crippen LogP contribution in [0.1, 0.15) is 36.0 Å². The Morgan fingerprint density at radius 1 is 1.21 bits per heavy atom. The van der Waals surface area contributed by atoms with Crippen LogP contribution in [0.5, 0.6) is 0 Å². The van der Waals surface area contributed by atoms with Crippen LogP contribution >= 0.6 is 0 Å². The van der Waals surface area contributed by atoms with Crippen LogP contribution in [0.2, 0.25) is 0 Å². The largest absolute Gasteiger partial charge is 0.477 e. The lowest BCUT2D eigenvalue weighted by Crippen LogP contribution is -2.26. The van der Waals surface area contributed by atoms with Gasteiger partial charge in [0.25, 0.3) is 0 Å². The van der Waals surface area contributed by atoms with Crippen molar-refractivity contribution in [3.8, 4) is 0 Å². The highest BCUT2D eigenvalue weighted by molar-refractivity contribution is 5.94. The number of aromatic nitrogens is 3. The first-order valence-electron chi connectivity index (χ1n) is 6.58. The van der Waals surface area contributed by atoms with Crippen molar-refractivity contribution in [3.63, 3.8) is 0 Å². The maximum absolute atomic E-state index is 11.1. The van der Waals surface area contributed by atoms with E-state index >= 15 is 0 Å². The van der Waals surface area contributed by atoms with E-state index < -0.39 is 5.97 Å². The first kappa shape index (κ1) is 12.0. The highest BCUT2D eigenvalue weighted by Gasteiger charge is 2.18. The van der Waals surface area contributed by atoms with E-state index in [2.05, 4.69) is 15.0 Å². The van der Waals surface area contributed by atoms with Gasteiger partial charge in [-0.2, -0.15) is 9.61 Å². The van der Waals surface area contributed by atoms with E-state index in [9.17, 15) is 4.79 Å². The number of hydrogen-bond acceptors (Lipinski definition) is 4. The fourth-order valence-corrected chi connectivity index (χ4v) is 2.57. The molecule has 0 amide bonds. The lowest BCUT2D eigenvalue weighted by atomic mass is 10.2. The topological polar surface area (TPSA) is 70.7 Å². The minimum Gasteiger partial charge on any atom is -0.477 e. The Kier molecular flexibility index (Phi) is 3.06. The van der Waals surface area contributed by atoms with E-state index in [-0.39, 0.29) is 5.56 Å². The molecular weight excluding hydrogens is 244 g/mol. The molecule has 3 rings (SSSR count). The molecule has 6 nitrogen and oxygen atoms in total. The molecule has 1 fully saturated rings. The van der Waals surface area contributed by atoms with Gasteiger partial charge in [0.1, 0.15) is 11.4 Å². The molecule has 0 radical (unpaired) electrons. The Morgan fingerprint density at radius 3 is 2.63 bits per heavy atom. The van der Waals surface area contributed by atoms with Gasteiger partial charge in [0, 0.05) is 19.3 Å². The van der Waals surface area contributed by atoms with Gasteiger partial charge in [0.05, 0.1) is 6.20 Å². The molecule has 2 aromatic rings. The molecule has 1 aliphatic heterocycles. The van der Waals surface area contributed by atoms with Crippen molar-refractivity contribution >= 4 is 17.4 Å². The Hall–Kier alpha value is -2.11. The molecular formula is C13H16N4O2. The molecule has 1 N–H and O–H groups in total. The van der Waals surface area contributed by atoms with E-state index in [1.165, 1.54) is 19.0 Å². The van der Waals surface area contributed by atoms with E-state index in [1.54, 1.807) is 10.7 Å². The number of anilines is 1. The van der Waals surface area contributed by atoms with Gasteiger partial charge in [0.2, 0.25) is 0 Å². The normalized spacial score (nSPS) is 16.5. The van der Waals surface area contributed by atoms with Gasteiger partial charge in [-0.1, -0.05) is 12.8 Å². The summed E-state index contributed by atoms with van der Waals surface area (Å²) >= 11 is 0. The lowest BCUT2D eigenvalue weighted by molar-refractivity contribution is 0.0699. The molecule has 0 spiro atoms. The summed E-state index contributed by atoms with van der Waals surface area (Å²) in [5.41, 5.74) is 0.561. The van der Waals surface area contributed by atoms with Crippen molar-refractivity contribution < 1.29 is 9.90 Å². The van der Waals surface area contributed by atoms with Crippen LogP contribution in [0.15, 0.2) is 18.5 Å². The van der Waals surface area contributed by atoms with Gasteiger partial charge >= 0.3 is 5.97 Å². The average Bonchev–Trinajstić information content (AvgIpc) is 2.66. The maximum Gasteiger partial charge on any atom is 0.341 e. The van der Waals surface area contributed by atoms with Gasteiger partial charge < -0.3 is 10.0 Å². The van der Waals surface area contributed by atoms with E-state index in [0.717, 1.165) is 31.7 Å². The summed E-state index contributed by atoms with van der Waals surface area (Å²) < 4.78 is 1.63. The summed E-state index contributed by atoms with van der Waals surface area (Å²) in [7, 11) is 0. The average molecular weight is 260 g/mol. The van der Waals surface area contributed by atoms with Crippen LogP contribution in [-0.4, -0.2) is 38.8 Å². The van der Waals surface area contributed by atoms with Crippen LogP contribution in [0.25, 0.3) is 5.65 Å². The third-order valence-electron chi connectivity index (χ3n) is 3.54. The molecule has 0 atom stereocenters. The Morgan fingerprint density at radius 2 is 1.95 bits per heavy atom. The molecule has 0 aromatic carbocycles. The summed E-state index contributed by atoms with van der Waals surface area (Å²) in [6.45, 7) is 1.97. The van der Waals surface area contributed by atoms with Gasteiger partial charge in [-0.3, -0.25) is 0 Å². The fourth-order valence-electron chi connectivity index (χ4n) is 2.57. The summed E-state index contributed by atoms with van der Waals surface area (Å²) in [5.74, 6) is -0.0603. The van der Waals surface area contributed by atoms with Crippen LogP contribution in [0, 0.1) is 0 Å². The molecule has 2 aromatic heterocycles. The Bertz CT molecular complexity index is 600. The first-order chi connectivity index (χ1) is 9.27. The highest BCUT2D eigenvalue weighted by Crippen LogP contribution is 2.21. The summed E-state index contributed by atoms with van der Waals surface area (Å²) in [4.78, 5) is 17.5. The third-order valence-corrected chi connectivity index (χ3v) is 3.54. The van der Waals surface area contributed by atoms with Crippen molar-refractivity contribution in [1.82, 2.24) is 14.6 Å². The Balaban J connectivity index is 2.06. The first-order valence-corrected chi connectivity index (χ1v) is 6.58. The minimum absolute atomic E-state index is 0.150. The summed E-state index contributed by atoms with van der Waals surface area (Å²) in [6.07, 6.45) is 7.86. The lowest BCUT2D eigenvalue weighted by Gasteiger charge is -2.22. The molecule has 3 heterocycles. The predicted octanol–water partition coefficient (Wildman–Crippen LogP) is 1.81. The van der Waals surface area contributed by atoms with Crippen LogP contribution in [0.4, 0.5) is 5.82 Å². The summed E-state index contributed by atoms with van der Waals surface area (Å²) in [5, 5.41) is 13.3. The second kappa shape index (κ2) is 4.87. The van der Waals surface area contributed by atoms with Crippen molar-refractivity contribution in [2.75, 3.05) is 18.0 Å². The highest BCUT2D eigenvalue weighted by atomic mass is 16.4. The van der Waals surface area contributed by atoms with Crippen LogP contribution in [0.3, 0.4) is 0 Å². The molecule has 0 aliphatic carbocycles. The minimum atomic E-state index is -0.990. The van der Waals surface area contributed by atoms with Crippen molar-refractivity contribution in [3.05, 3.63) is 24.0 Å². The van der Waals surface area contributed by atoms with E-state index in [4.69, 9.17) is 5.11 Å². The molecule has 100 valence electrons. The Labute approximate surface area is 110 Å². The number of carbonyl (C=O) groups is 1. The van der Waals surface area contributed by atoms with Crippen molar-refractivity contribution in [2.45, 2.75) is 25.7 Å². The molecule has 1 aliphatic rings. The van der Waals surface area contributed by atoms with Gasteiger partial charge in [-0.15, -0.1) is 0 Å². The fraction of sp³-hybridized carbons (Fsp3) is 0.462. The van der Waals surface area contributed by atoms with Crippen LogP contribution in [-0.2, 0) is 0 Å². The smallest absolute Gasteiger partial charge is 0.341 e. The maximum atomic E-state index is 11.1. The van der Waals surface area contributed by atoms with Crippen molar-refractivity contribution in [1.29, 1.82) is 0 Å². The van der Waals surface area contributed by atoms with E-state index in [1.807, 2.05) is 6.07 Å². The number of carboxylic acid groups (broad SMARTS) is 1. The van der Waals surface area contributed by atoms with Crippen LogP contribution < -0.4 is 4.90 Å². The zero-order valence-electron chi connectivity index (χ0n) is 10.6. The second-order valence-electron chi connectivity index (χ2n) is 4.80.